The molecule has 0 unspecified atom stereocenters. The fraction of sp³-hybridized carbons (Fsp3) is 0.136. The normalized spacial score (nSPS) is 10.9. The van der Waals surface area contributed by atoms with E-state index in [1.54, 1.807) is 30.3 Å². The monoisotopic (exact) mass is 364 g/mol. The van der Waals surface area contributed by atoms with Gasteiger partial charge in [-0.3, -0.25) is 4.79 Å². The lowest BCUT2D eigenvalue weighted by molar-refractivity contribution is 0.104. The summed E-state index contributed by atoms with van der Waals surface area (Å²) in [6.45, 7) is 0. The molecule has 0 amide bonds. The summed E-state index contributed by atoms with van der Waals surface area (Å²) >= 11 is 0. The van der Waals surface area contributed by atoms with Gasteiger partial charge in [0.15, 0.2) is 17.3 Å². The Hall–Kier alpha value is -3.47. The van der Waals surface area contributed by atoms with Crippen LogP contribution in [0, 0.1) is 0 Å². The lowest BCUT2D eigenvalue weighted by Crippen LogP contribution is -1.97. The van der Waals surface area contributed by atoms with E-state index >= 15 is 0 Å². The standard InChI is InChI=1S/C22H20O5/c1-25-19-12-14(13-20(26-2)22(19)27-3)8-11-18(23)17-10-9-15-6-4-5-7-16(15)21(17)24/h4-13,24H,1-3H3/b11-8+. The van der Waals surface area contributed by atoms with Crippen LogP contribution in [0.2, 0.25) is 0 Å². The van der Waals surface area contributed by atoms with E-state index in [0.717, 1.165) is 5.39 Å². The zero-order chi connectivity index (χ0) is 19.4. The summed E-state index contributed by atoms with van der Waals surface area (Å²) in [6.07, 6.45) is 3.05. The number of ketones is 1. The molecule has 3 rings (SSSR count). The molecular formula is C22H20O5. The van der Waals surface area contributed by atoms with Gasteiger partial charge in [-0.2, -0.15) is 0 Å². The van der Waals surface area contributed by atoms with Crippen molar-refractivity contribution in [3.05, 3.63) is 65.7 Å². The molecular weight excluding hydrogens is 344 g/mol. The van der Waals surface area contributed by atoms with E-state index in [-0.39, 0.29) is 17.1 Å². The Bertz CT molecular complexity index is 995. The molecule has 0 heterocycles. The molecule has 138 valence electrons. The number of hydrogen-bond acceptors (Lipinski definition) is 5. The number of rotatable bonds is 6. The van der Waals surface area contributed by atoms with Crippen molar-refractivity contribution in [3.63, 3.8) is 0 Å². The Labute approximate surface area is 157 Å². The maximum atomic E-state index is 12.6. The summed E-state index contributed by atoms with van der Waals surface area (Å²) in [5.41, 5.74) is 0.954. The fourth-order valence-electron chi connectivity index (χ4n) is 2.91. The van der Waals surface area contributed by atoms with E-state index in [2.05, 4.69) is 0 Å². The van der Waals surface area contributed by atoms with Gasteiger partial charge in [0.25, 0.3) is 0 Å². The second kappa shape index (κ2) is 7.83. The van der Waals surface area contributed by atoms with Crippen LogP contribution in [-0.4, -0.2) is 32.2 Å². The molecule has 1 N–H and O–H groups in total. The number of methoxy groups -OCH3 is 3. The van der Waals surface area contributed by atoms with Gasteiger partial charge < -0.3 is 19.3 Å². The average Bonchev–Trinajstić information content (AvgIpc) is 2.71. The van der Waals surface area contributed by atoms with Crippen LogP contribution >= 0.6 is 0 Å². The predicted molar refractivity (Wildman–Crippen MR) is 105 cm³/mol. The summed E-state index contributed by atoms with van der Waals surface area (Å²) in [7, 11) is 4.59. The lowest BCUT2D eigenvalue weighted by Gasteiger charge is -2.12. The quantitative estimate of drug-likeness (QED) is 0.516. The number of carbonyl (C=O) groups excluding carboxylic acids is 1. The average molecular weight is 364 g/mol. The summed E-state index contributed by atoms with van der Waals surface area (Å²) in [6, 6.07) is 14.3. The van der Waals surface area contributed by atoms with E-state index in [1.165, 1.54) is 27.4 Å². The van der Waals surface area contributed by atoms with Gasteiger partial charge in [-0.15, -0.1) is 0 Å². The van der Waals surface area contributed by atoms with Crippen LogP contribution in [0.4, 0.5) is 0 Å². The molecule has 3 aromatic carbocycles. The van der Waals surface area contributed by atoms with Gasteiger partial charge in [0.2, 0.25) is 5.75 Å². The van der Waals surface area contributed by atoms with Crippen LogP contribution in [-0.2, 0) is 0 Å². The van der Waals surface area contributed by atoms with E-state index in [1.807, 2.05) is 24.3 Å². The van der Waals surface area contributed by atoms with Crippen molar-refractivity contribution >= 4 is 22.6 Å². The highest BCUT2D eigenvalue weighted by molar-refractivity contribution is 6.11. The Morgan fingerprint density at radius 3 is 2.22 bits per heavy atom. The van der Waals surface area contributed by atoms with Crippen LogP contribution in [0.1, 0.15) is 15.9 Å². The molecule has 0 aromatic heterocycles. The molecule has 5 nitrogen and oxygen atoms in total. The van der Waals surface area contributed by atoms with Gasteiger partial charge in [-0.25, -0.2) is 0 Å². The van der Waals surface area contributed by atoms with Gasteiger partial charge >= 0.3 is 0 Å². The minimum atomic E-state index is -0.299. The second-order valence-electron chi connectivity index (χ2n) is 5.84. The smallest absolute Gasteiger partial charge is 0.203 e. The lowest BCUT2D eigenvalue weighted by atomic mass is 10.0. The Morgan fingerprint density at radius 1 is 0.926 bits per heavy atom. The Morgan fingerprint density at radius 2 is 1.59 bits per heavy atom. The molecule has 0 aliphatic rings. The van der Waals surface area contributed by atoms with Crippen molar-refractivity contribution in [2.45, 2.75) is 0 Å². The third-order valence-electron chi connectivity index (χ3n) is 4.28. The van der Waals surface area contributed by atoms with Crippen molar-refractivity contribution in [1.29, 1.82) is 0 Å². The Kier molecular flexibility index (Phi) is 5.31. The van der Waals surface area contributed by atoms with Crippen molar-refractivity contribution in [1.82, 2.24) is 0 Å². The van der Waals surface area contributed by atoms with Gasteiger partial charge in [-0.1, -0.05) is 36.4 Å². The first kappa shape index (κ1) is 18.3. The first-order chi connectivity index (χ1) is 13.1. The van der Waals surface area contributed by atoms with Crippen LogP contribution < -0.4 is 14.2 Å². The number of hydrogen-bond donors (Lipinski definition) is 1. The zero-order valence-electron chi connectivity index (χ0n) is 15.4. The number of phenols is 1. The van der Waals surface area contributed by atoms with Crippen molar-refractivity contribution in [2.24, 2.45) is 0 Å². The molecule has 0 bridgehead atoms. The molecule has 0 aliphatic carbocycles. The van der Waals surface area contributed by atoms with E-state index < -0.39 is 0 Å². The summed E-state index contributed by atoms with van der Waals surface area (Å²) in [5, 5.41) is 12.0. The summed E-state index contributed by atoms with van der Waals surface area (Å²) < 4.78 is 15.9. The number of aromatic hydroxyl groups is 1. The molecule has 0 fully saturated rings. The highest BCUT2D eigenvalue weighted by Gasteiger charge is 2.14. The molecule has 0 aliphatic heterocycles. The van der Waals surface area contributed by atoms with Gasteiger partial charge in [0, 0.05) is 5.39 Å². The zero-order valence-corrected chi connectivity index (χ0v) is 15.4. The van der Waals surface area contributed by atoms with E-state index in [9.17, 15) is 9.90 Å². The molecule has 27 heavy (non-hydrogen) atoms. The van der Waals surface area contributed by atoms with Gasteiger partial charge in [-0.05, 0) is 35.2 Å². The van der Waals surface area contributed by atoms with Gasteiger partial charge in [0.05, 0.1) is 26.9 Å². The number of ether oxygens (including phenoxy) is 3. The molecule has 3 aromatic rings. The minimum Gasteiger partial charge on any atom is -0.507 e. The van der Waals surface area contributed by atoms with Crippen LogP contribution in [0.25, 0.3) is 16.8 Å². The fourth-order valence-corrected chi connectivity index (χ4v) is 2.91. The Balaban J connectivity index is 1.94. The number of fused-ring (bicyclic) bond motifs is 1. The highest BCUT2D eigenvalue weighted by Crippen LogP contribution is 2.38. The number of benzene rings is 3. The predicted octanol–water partition coefficient (Wildman–Crippen LogP) is 4.47. The largest absolute Gasteiger partial charge is 0.507 e. The minimum absolute atomic E-state index is 0.0207. The number of carbonyl (C=O) groups is 1. The van der Waals surface area contributed by atoms with Crippen LogP contribution in [0.15, 0.2) is 54.6 Å². The summed E-state index contributed by atoms with van der Waals surface area (Å²) in [4.78, 5) is 12.6. The van der Waals surface area contributed by atoms with Crippen molar-refractivity contribution in [2.75, 3.05) is 21.3 Å². The summed E-state index contributed by atoms with van der Waals surface area (Å²) in [5.74, 6) is 1.16. The third-order valence-corrected chi connectivity index (χ3v) is 4.28. The SMILES string of the molecule is COc1cc(/C=C/C(=O)c2ccc3ccccc3c2O)cc(OC)c1OC. The molecule has 0 atom stereocenters. The maximum absolute atomic E-state index is 12.6. The number of allylic oxidation sites excluding steroid dienone is 1. The topological polar surface area (TPSA) is 65.0 Å². The highest BCUT2D eigenvalue weighted by atomic mass is 16.5. The van der Waals surface area contributed by atoms with Crippen molar-refractivity contribution < 1.29 is 24.1 Å². The van der Waals surface area contributed by atoms with Gasteiger partial charge in [0.1, 0.15) is 5.75 Å². The van der Waals surface area contributed by atoms with Crippen LogP contribution in [0.5, 0.6) is 23.0 Å². The molecule has 0 saturated heterocycles. The molecule has 0 spiro atoms. The molecule has 5 heteroatoms. The van der Waals surface area contributed by atoms with E-state index in [4.69, 9.17) is 14.2 Å². The maximum Gasteiger partial charge on any atom is 0.203 e. The first-order valence-electron chi connectivity index (χ1n) is 8.32. The third kappa shape index (κ3) is 3.58. The van der Waals surface area contributed by atoms with E-state index in [0.29, 0.717) is 28.2 Å². The number of phenolic OH excluding ortho intramolecular Hbond substituents is 1. The van der Waals surface area contributed by atoms with Crippen LogP contribution in [0.3, 0.4) is 0 Å². The molecule has 0 saturated carbocycles. The van der Waals surface area contributed by atoms with Crippen molar-refractivity contribution in [3.8, 4) is 23.0 Å². The molecule has 0 radical (unpaired) electrons. The first-order valence-corrected chi connectivity index (χ1v) is 8.32. The second-order valence-corrected chi connectivity index (χ2v) is 5.84.